The molecule has 4 rings (SSSR count). The van der Waals surface area contributed by atoms with E-state index in [-0.39, 0.29) is 29.8 Å². The number of rotatable bonds is 12. The van der Waals surface area contributed by atoms with Crippen molar-refractivity contribution in [1.82, 2.24) is 10.3 Å². The zero-order chi connectivity index (χ0) is 28.4. The number of carbonyl (C=O) groups is 1. The molecule has 6 nitrogen and oxygen atoms in total. The Bertz CT molecular complexity index is 1350. The largest absolute Gasteiger partial charge is 0.493 e. The number of benzene rings is 2. The molecule has 0 saturated heterocycles. The number of ether oxygens (including phenoxy) is 2. The van der Waals surface area contributed by atoms with Crippen LogP contribution in [0.4, 0.5) is 4.39 Å². The molecule has 1 aliphatic carbocycles. The molecule has 208 valence electrons. The first kappa shape index (κ1) is 29.0. The van der Waals surface area contributed by atoms with Crippen LogP contribution >= 0.6 is 11.6 Å². The Balaban J connectivity index is 1.60. The molecule has 0 spiro atoms. The van der Waals surface area contributed by atoms with E-state index >= 15 is 0 Å². The van der Waals surface area contributed by atoms with Crippen molar-refractivity contribution in [3.63, 3.8) is 0 Å². The van der Waals surface area contributed by atoms with E-state index in [2.05, 4.69) is 5.32 Å². The van der Waals surface area contributed by atoms with Crippen LogP contribution in [0, 0.1) is 5.82 Å². The monoisotopic (exact) mass is 554 g/mol. The van der Waals surface area contributed by atoms with Gasteiger partial charge < -0.3 is 19.9 Å². The van der Waals surface area contributed by atoms with Gasteiger partial charge in [-0.3, -0.25) is 4.79 Å². The summed E-state index contributed by atoms with van der Waals surface area (Å²) in [5.74, 6) is 0.503. The van der Waals surface area contributed by atoms with Gasteiger partial charge in [0, 0.05) is 23.1 Å². The predicted molar refractivity (Wildman–Crippen MR) is 151 cm³/mol. The van der Waals surface area contributed by atoms with Gasteiger partial charge in [0.05, 0.1) is 29.6 Å². The standard InChI is InChI=1S/C31H36ClFN2O4/c1-6-34-30(2,3)21-17-25(19-7-11-24(33)23(32)15-19)35-29(18-21)31(4,37)14-13-26(36)20-8-12-27(28(16-20)38-5)39-22-9-10-22/h7-8,11-12,15-18,22,34,37H,6,9-10,13-14H2,1-5H3. The minimum Gasteiger partial charge on any atom is -0.493 e. The molecule has 1 aliphatic rings. The lowest BCUT2D eigenvalue weighted by atomic mass is 9.87. The Hall–Kier alpha value is -3.00. The predicted octanol–water partition coefficient (Wildman–Crippen LogP) is 6.81. The van der Waals surface area contributed by atoms with Crippen LogP contribution in [0.5, 0.6) is 11.5 Å². The maximum atomic E-state index is 13.8. The first-order valence-corrected chi connectivity index (χ1v) is 13.6. The van der Waals surface area contributed by atoms with Crippen LogP contribution in [0.15, 0.2) is 48.5 Å². The van der Waals surface area contributed by atoms with Gasteiger partial charge >= 0.3 is 0 Å². The Labute approximate surface area is 234 Å². The zero-order valence-corrected chi connectivity index (χ0v) is 23.9. The Morgan fingerprint density at radius 3 is 2.51 bits per heavy atom. The van der Waals surface area contributed by atoms with Crippen molar-refractivity contribution in [2.45, 2.75) is 70.6 Å². The number of aromatic nitrogens is 1. The number of hydrogen-bond acceptors (Lipinski definition) is 6. The van der Waals surface area contributed by atoms with Crippen molar-refractivity contribution in [2.75, 3.05) is 13.7 Å². The number of hydrogen-bond donors (Lipinski definition) is 2. The second kappa shape index (κ2) is 11.6. The second-order valence-corrected chi connectivity index (χ2v) is 11.2. The van der Waals surface area contributed by atoms with Gasteiger partial charge in [-0.05, 0) is 101 Å². The third-order valence-electron chi connectivity index (χ3n) is 7.08. The van der Waals surface area contributed by atoms with Gasteiger partial charge in [0.25, 0.3) is 0 Å². The molecule has 2 aromatic carbocycles. The summed E-state index contributed by atoms with van der Waals surface area (Å²) in [7, 11) is 1.55. The van der Waals surface area contributed by atoms with Crippen LogP contribution in [0.1, 0.15) is 75.0 Å². The third kappa shape index (κ3) is 6.96. The molecule has 8 heteroatoms. The molecule has 2 N–H and O–H groups in total. The molecule has 1 saturated carbocycles. The molecule has 0 bridgehead atoms. The van der Waals surface area contributed by atoms with Gasteiger partial charge in [-0.15, -0.1) is 0 Å². The van der Waals surface area contributed by atoms with Crippen LogP contribution < -0.4 is 14.8 Å². The van der Waals surface area contributed by atoms with Crippen LogP contribution in [-0.4, -0.2) is 35.6 Å². The Morgan fingerprint density at radius 2 is 1.87 bits per heavy atom. The lowest BCUT2D eigenvalue weighted by molar-refractivity contribution is 0.0396. The molecule has 0 aliphatic heterocycles. The van der Waals surface area contributed by atoms with Crippen LogP contribution in [-0.2, 0) is 11.1 Å². The van der Waals surface area contributed by atoms with Crippen molar-refractivity contribution < 1.29 is 23.8 Å². The number of aliphatic hydroxyl groups is 1. The summed E-state index contributed by atoms with van der Waals surface area (Å²) in [5, 5.41) is 15.0. The minimum absolute atomic E-state index is 0.00599. The first-order valence-electron chi connectivity index (χ1n) is 13.3. The van der Waals surface area contributed by atoms with E-state index in [0.717, 1.165) is 24.9 Å². The highest BCUT2D eigenvalue weighted by atomic mass is 35.5. The van der Waals surface area contributed by atoms with Crippen molar-refractivity contribution in [3.8, 4) is 22.8 Å². The quantitative estimate of drug-likeness (QED) is 0.239. The maximum Gasteiger partial charge on any atom is 0.163 e. The summed E-state index contributed by atoms with van der Waals surface area (Å²) in [6.07, 6.45) is 2.51. The van der Waals surface area contributed by atoms with Gasteiger partial charge in [-0.1, -0.05) is 18.5 Å². The molecule has 1 unspecified atom stereocenters. The Kier molecular flexibility index (Phi) is 8.64. The summed E-state index contributed by atoms with van der Waals surface area (Å²) in [6, 6.07) is 13.4. The van der Waals surface area contributed by atoms with E-state index in [1.165, 1.54) is 12.1 Å². The lowest BCUT2D eigenvalue weighted by Gasteiger charge is -2.30. The molecular formula is C31H36ClFN2O4. The summed E-state index contributed by atoms with van der Waals surface area (Å²) in [4.78, 5) is 17.9. The van der Waals surface area contributed by atoms with E-state index in [9.17, 15) is 14.3 Å². The molecular weight excluding hydrogens is 519 g/mol. The molecule has 3 aromatic rings. The molecule has 1 fully saturated rings. The van der Waals surface area contributed by atoms with Gasteiger partial charge in [0.15, 0.2) is 17.3 Å². The number of halogens is 2. The number of carbonyl (C=O) groups excluding carboxylic acids is 1. The fourth-order valence-electron chi connectivity index (χ4n) is 4.45. The molecule has 39 heavy (non-hydrogen) atoms. The smallest absolute Gasteiger partial charge is 0.163 e. The van der Waals surface area contributed by atoms with Gasteiger partial charge in [0.2, 0.25) is 0 Å². The van der Waals surface area contributed by atoms with Crippen LogP contribution in [0.25, 0.3) is 11.3 Å². The molecule has 1 aromatic heterocycles. The molecule has 1 atom stereocenters. The first-order chi connectivity index (χ1) is 18.4. The number of pyridine rings is 1. The summed E-state index contributed by atoms with van der Waals surface area (Å²) in [5.41, 5.74) is 1.14. The fourth-order valence-corrected chi connectivity index (χ4v) is 4.63. The number of nitrogens with zero attached hydrogens (tertiary/aromatic N) is 1. The second-order valence-electron chi connectivity index (χ2n) is 10.8. The fraction of sp³-hybridized carbons (Fsp3) is 0.419. The van der Waals surface area contributed by atoms with Gasteiger partial charge in [-0.25, -0.2) is 9.37 Å². The number of methoxy groups -OCH3 is 1. The van der Waals surface area contributed by atoms with Gasteiger partial charge in [0.1, 0.15) is 11.4 Å². The van der Waals surface area contributed by atoms with Crippen molar-refractivity contribution in [3.05, 3.63) is 76.2 Å². The van der Waals surface area contributed by atoms with E-state index in [4.69, 9.17) is 26.1 Å². The zero-order valence-electron chi connectivity index (χ0n) is 23.1. The van der Waals surface area contributed by atoms with Crippen molar-refractivity contribution in [2.24, 2.45) is 0 Å². The van der Waals surface area contributed by atoms with Crippen molar-refractivity contribution in [1.29, 1.82) is 0 Å². The summed E-state index contributed by atoms with van der Waals surface area (Å²) >= 11 is 6.06. The van der Waals surface area contributed by atoms with E-state index in [1.807, 2.05) is 32.9 Å². The summed E-state index contributed by atoms with van der Waals surface area (Å²) in [6.45, 7) is 8.49. The number of ketones is 1. The van der Waals surface area contributed by atoms with Crippen molar-refractivity contribution >= 4 is 17.4 Å². The lowest BCUT2D eigenvalue weighted by Crippen LogP contribution is -2.37. The normalized spacial score (nSPS) is 15.1. The SMILES string of the molecule is CCNC(C)(C)c1cc(-c2ccc(F)c(Cl)c2)nc(C(C)(O)CCC(=O)c2ccc(OC3CC3)c(OC)c2)c1. The molecule has 1 heterocycles. The summed E-state index contributed by atoms with van der Waals surface area (Å²) < 4.78 is 25.1. The number of Topliss-reactive ketones (excluding diaryl/α,β-unsaturated/α-hetero) is 1. The third-order valence-corrected chi connectivity index (χ3v) is 7.37. The van der Waals surface area contributed by atoms with E-state index in [0.29, 0.717) is 34.0 Å². The number of nitrogens with one attached hydrogen (secondary N) is 1. The van der Waals surface area contributed by atoms with Gasteiger partial charge in [-0.2, -0.15) is 0 Å². The average Bonchev–Trinajstić information content (AvgIpc) is 3.73. The highest BCUT2D eigenvalue weighted by molar-refractivity contribution is 6.31. The van der Waals surface area contributed by atoms with Crippen LogP contribution in [0.2, 0.25) is 5.02 Å². The Morgan fingerprint density at radius 1 is 1.13 bits per heavy atom. The van der Waals surface area contributed by atoms with E-state index in [1.54, 1.807) is 38.3 Å². The van der Waals surface area contributed by atoms with E-state index < -0.39 is 17.0 Å². The topological polar surface area (TPSA) is 80.7 Å². The highest BCUT2D eigenvalue weighted by Gasteiger charge is 2.30. The minimum atomic E-state index is -1.41. The highest BCUT2D eigenvalue weighted by Crippen LogP contribution is 2.36. The maximum absolute atomic E-state index is 13.8. The van der Waals surface area contributed by atoms with Crippen LogP contribution in [0.3, 0.4) is 0 Å². The molecule has 0 radical (unpaired) electrons. The average molecular weight is 555 g/mol. The molecule has 0 amide bonds.